The minimum atomic E-state index is -0.120. The van der Waals surface area contributed by atoms with Crippen molar-refractivity contribution in [3.63, 3.8) is 0 Å². The van der Waals surface area contributed by atoms with Gasteiger partial charge in [0.1, 0.15) is 0 Å². The molecule has 0 saturated carbocycles. The van der Waals surface area contributed by atoms with Crippen LogP contribution in [-0.2, 0) is 4.79 Å². The lowest BCUT2D eigenvalue weighted by Gasteiger charge is -2.08. The van der Waals surface area contributed by atoms with E-state index in [2.05, 4.69) is 17.6 Å². The summed E-state index contributed by atoms with van der Waals surface area (Å²) < 4.78 is 0. The molecule has 3 nitrogen and oxygen atoms in total. The third-order valence-corrected chi connectivity index (χ3v) is 2.76. The van der Waals surface area contributed by atoms with Gasteiger partial charge in [-0.2, -0.15) is 0 Å². The molecule has 5 heteroatoms. The SMILES string of the molecule is CCCCNCC(=O)Nc1cc(Cl)ccc1Cl. The van der Waals surface area contributed by atoms with Gasteiger partial charge in [0.2, 0.25) is 5.91 Å². The van der Waals surface area contributed by atoms with E-state index in [4.69, 9.17) is 23.2 Å². The van der Waals surface area contributed by atoms with Crippen molar-refractivity contribution >= 4 is 34.8 Å². The largest absolute Gasteiger partial charge is 0.324 e. The quantitative estimate of drug-likeness (QED) is 0.782. The fraction of sp³-hybridized carbons (Fsp3) is 0.417. The zero-order valence-corrected chi connectivity index (χ0v) is 11.2. The van der Waals surface area contributed by atoms with Gasteiger partial charge < -0.3 is 10.6 Å². The maximum atomic E-state index is 11.6. The van der Waals surface area contributed by atoms with Crippen molar-refractivity contribution < 1.29 is 4.79 Å². The zero-order valence-electron chi connectivity index (χ0n) is 9.72. The first-order chi connectivity index (χ1) is 8.13. The van der Waals surface area contributed by atoms with Gasteiger partial charge in [0.15, 0.2) is 0 Å². The first kappa shape index (κ1) is 14.3. The average Bonchev–Trinajstić information content (AvgIpc) is 2.29. The second-order valence-corrected chi connectivity index (χ2v) is 4.55. The molecule has 0 heterocycles. The number of carbonyl (C=O) groups excluding carboxylic acids is 1. The second kappa shape index (κ2) is 7.54. The molecule has 0 bridgehead atoms. The Morgan fingerprint density at radius 1 is 1.35 bits per heavy atom. The smallest absolute Gasteiger partial charge is 0.238 e. The maximum absolute atomic E-state index is 11.6. The van der Waals surface area contributed by atoms with Gasteiger partial charge in [-0.05, 0) is 31.2 Å². The molecule has 0 radical (unpaired) electrons. The van der Waals surface area contributed by atoms with Crippen LogP contribution in [0.1, 0.15) is 19.8 Å². The van der Waals surface area contributed by atoms with E-state index in [1.807, 2.05) is 0 Å². The van der Waals surface area contributed by atoms with E-state index in [9.17, 15) is 4.79 Å². The Morgan fingerprint density at radius 2 is 2.12 bits per heavy atom. The molecule has 0 unspecified atom stereocenters. The summed E-state index contributed by atoms with van der Waals surface area (Å²) in [5, 5.41) is 6.79. The molecule has 1 aromatic rings. The molecule has 0 atom stereocenters. The Bertz CT molecular complexity index is 383. The standard InChI is InChI=1S/C12H16Cl2N2O/c1-2-3-6-15-8-12(17)16-11-7-9(13)4-5-10(11)14/h4-5,7,15H,2-3,6,8H2,1H3,(H,16,17). The van der Waals surface area contributed by atoms with Crippen molar-refractivity contribution in [3.05, 3.63) is 28.2 Å². The van der Waals surface area contributed by atoms with Gasteiger partial charge >= 0.3 is 0 Å². The summed E-state index contributed by atoms with van der Waals surface area (Å²) in [6.07, 6.45) is 2.17. The van der Waals surface area contributed by atoms with Crippen molar-refractivity contribution in [2.75, 3.05) is 18.4 Å². The minimum Gasteiger partial charge on any atom is -0.324 e. The Hall–Kier alpha value is -0.770. The number of carbonyl (C=O) groups is 1. The summed E-state index contributed by atoms with van der Waals surface area (Å²) in [5.74, 6) is -0.120. The van der Waals surface area contributed by atoms with E-state index in [1.165, 1.54) is 0 Å². The van der Waals surface area contributed by atoms with E-state index >= 15 is 0 Å². The van der Waals surface area contributed by atoms with Crippen LogP contribution >= 0.6 is 23.2 Å². The van der Waals surface area contributed by atoms with E-state index < -0.39 is 0 Å². The molecule has 1 aromatic carbocycles. The lowest BCUT2D eigenvalue weighted by Crippen LogP contribution is -2.28. The third kappa shape index (κ3) is 5.39. The van der Waals surface area contributed by atoms with Crippen molar-refractivity contribution in [3.8, 4) is 0 Å². The van der Waals surface area contributed by atoms with Crippen molar-refractivity contribution in [1.29, 1.82) is 0 Å². The lowest BCUT2D eigenvalue weighted by atomic mass is 10.3. The highest BCUT2D eigenvalue weighted by Gasteiger charge is 2.05. The molecule has 0 aromatic heterocycles. The number of nitrogens with one attached hydrogen (secondary N) is 2. The van der Waals surface area contributed by atoms with E-state index in [-0.39, 0.29) is 12.5 Å². The van der Waals surface area contributed by atoms with Gasteiger partial charge in [-0.3, -0.25) is 4.79 Å². The summed E-state index contributed by atoms with van der Waals surface area (Å²) in [6.45, 7) is 3.23. The molecular weight excluding hydrogens is 259 g/mol. The summed E-state index contributed by atoms with van der Waals surface area (Å²) in [4.78, 5) is 11.6. The Morgan fingerprint density at radius 3 is 2.82 bits per heavy atom. The van der Waals surface area contributed by atoms with Crippen LogP contribution < -0.4 is 10.6 Å². The number of halogens is 2. The predicted octanol–water partition coefficient (Wildman–Crippen LogP) is 3.32. The molecule has 1 rings (SSSR count). The van der Waals surface area contributed by atoms with Crippen LogP contribution in [0.15, 0.2) is 18.2 Å². The van der Waals surface area contributed by atoms with Gasteiger partial charge in [-0.1, -0.05) is 36.5 Å². The van der Waals surface area contributed by atoms with Crippen LogP contribution in [-0.4, -0.2) is 19.0 Å². The molecule has 0 saturated heterocycles. The van der Waals surface area contributed by atoms with Gasteiger partial charge in [0.05, 0.1) is 17.3 Å². The number of rotatable bonds is 6. The molecule has 0 aliphatic heterocycles. The highest BCUT2D eigenvalue weighted by molar-refractivity contribution is 6.35. The molecule has 0 aliphatic rings. The summed E-state index contributed by atoms with van der Waals surface area (Å²) in [6, 6.07) is 4.97. The van der Waals surface area contributed by atoms with Crippen LogP contribution in [0.2, 0.25) is 10.0 Å². The minimum absolute atomic E-state index is 0.120. The van der Waals surface area contributed by atoms with E-state index in [0.29, 0.717) is 15.7 Å². The van der Waals surface area contributed by atoms with Crippen molar-refractivity contribution in [2.45, 2.75) is 19.8 Å². The van der Waals surface area contributed by atoms with Gasteiger partial charge in [0.25, 0.3) is 0 Å². The summed E-state index contributed by atoms with van der Waals surface area (Å²) in [5.41, 5.74) is 0.543. The van der Waals surface area contributed by atoms with E-state index in [0.717, 1.165) is 19.4 Å². The van der Waals surface area contributed by atoms with Crippen LogP contribution in [0.5, 0.6) is 0 Å². The van der Waals surface area contributed by atoms with Crippen LogP contribution in [0, 0.1) is 0 Å². The van der Waals surface area contributed by atoms with Crippen LogP contribution in [0.25, 0.3) is 0 Å². The average molecular weight is 275 g/mol. The van der Waals surface area contributed by atoms with Crippen molar-refractivity contribution in [2.24, 2.45) is 0 Å². The molecule has 0 spiro atoms. The first-order valence-corrected chi connectivity index (χ1v) is 6.34. The topological polar surface area (TPSA) is 41.1 Å². The fourth-order valence-electron chi connectivity index (χ4n) is 1.29. The Labute approximate surface area is 111 Å². The van der Waals surface area contributed by atoms with Gasteiger partial charge in [-0.15, -0.1) is 0 Å². The fourth-order valence-corrected chi connectivity index (χ4v) is 1.63. The predicted molar refractivity (Wildman–Crippen MR) is 72.9 cm³/mol. The second-order valence-electron chi connectivity index (χ2n) is 3.70. The number of amides is 1. The maximum Gasteiger partial charge on any atom is 0.238 e. The molecule has 2 N–H and O–H groups in total. The Kier molecular flexibility index (Phi) is 6.34. The number of benzene rings is 1. The number of hydrogen-bond acceptors (Lipinski definition) is 2. The molecule has 0 fully saturated rings. The number of unbranched alkanes of at least 4 members (excludes halogenated alkanes) is 1. The molecule has 0 aliphatic carbocycles. The summed E-state index contributed by atoms with van der Waals surface area (Å²) in [7, 11) is 0. The number of anilines is 1. The van der Waals surface area contributed by atoms with E-state index in [1.54, 1.807) is 18.2 Å². The first-order valence-electron chi connectivity index (χ1n) is 5.59. The normalized spacial score (nSPS) is 10.3. The zero-order chi connectivity index (χ0) is 12.7. The summed E-state index contributed by atoms with van der Waals surface area (Å²) >= 11 is 11.8. The molecular formula is C12H16Cl2N2O. The molecule has 1 amide bonds. The molecule has 94 valence electrons. The molecule has 17 heavy (non-hydrogen) atoms. The van der Waals surface area contributed by atoms with Gasteiger partial charge in [0, 0.05) is 5.02 Å². The monoisotopic (exact) mass is 274 g/mol. The lowest BCUT2D eigenvalue weighted by molar-refractivity contribution is -0.115. The van der Waals surface area contributed by atoms with Crippen LogP contribution in [0.4, 0.5) is 5.69 Å². The van der Waals surface area contributed by atoms with Crippen molar-refractivity contribution in [1.82, 2.24) is 5.32 Å². The Balaban J connectivity index is 2.42. The highest BCUT2D eigenvalue weighted by atomic mass is 35.5. The third-order valence-electron chi connectivity index (χ3n) is 2.20. The van der Waals surface area contributed by atoms with Crippen LogP contribution in [0.3, 0.4) is 0 Å². The number of hydrogen-bond donors (Lipinski definition) is 2. The van der Waals surface area contributed by atoms with Gasteiger partial charge in [-0.25, -0.2) is 0 Å². The highest BCUT2D eigenvalue weighted by Crippen LogP contribution is 2.25.